The van der Waals surface area contributed by atoms with Crippen LogP contribution in [-0.2, 0) is 11.3 Å². The quantitative estimate of drug-likeness (QED) is 0.787. The van der Waals surface area contributed by atoms with Gasteiger partial charge < -0.3 is 15.2 Å². The van der Waals surface area contributed by atoms with E-state index in [0.29, 0.717) is 13.2 Å². The summed E-state index contributed by atoms with van der Waals surface area (Å²) < 4.78 is 5.70. The second kappa shape index (κ2) is 8.24. The van der Waals surface area contributed by atoms with Gasteiger partial charge in [-0.2, -0.15) is 0 Å². The Morgan fingerprint density at radius 2 is 2.10 bits per heavy atom. The van der Waals surface area contributed by atoms with Gasteiger partial charge in [0.1, 0.15) is 0 Å². The Morgan fingerprint density at radius 1 is 1.33 bits per heavy atom. The second-order valence-electron chi connectivity index (χ2n) is 5.02. The monoisotopic (exact) mass is 306 g/mol. The van der Waals surface area contributed by atoms with Crippen LogP contribution in [0, 0.1) is 6.92 Å². The van der Waals surface area contributed by atoms with Crippen LogP contribution >= 0.6 is 11.3 Å². The summed E-state index contributed by atoms with van der Waals surface area (Å²) in [7, 11) is 0. The molecule has 0 aliphatic rings. The fourth-order valence-corrected chi connectivity index (χ4v) is 2.75. The number of thiazole rings is 1. The fraction of sp³-hybridized carbons (Fsp3) is 0.438. The molecule has 0 saturated carbocycles. The molecule has 0 spiro atoms. The Balaban J connectivity index is 1.64. The molecule has 5 heteroatoms. The van der Waals surface area contributed by atoms with E-state index in [0.717, 1.165) is 17.1 Å². The number of aliphatic hydroxyl groups is 1. The van der Waals surface area contributed by atoms with Crippen LogP contribution in [0.1, 0.15) is 28.5 Å². The summed E-state index contributed by atoms with van der Waals surface area (Å²) in [6, 6.07) is 10.0. The van der Waals surface area contributed by atoms with Crippen LogP contribution in [0.5, 0.6) is 0 Å². The minimum absolute atomic E-state index is 0.00926. The molecule has 0 aliphatic carbocycles. The molecule has 1 aromatic carbocycles. The van der Waals surface area contributed by atoms with Gasteiger partial charge in [-0.15, -0.1) is 11.3 Å². The lowest BCUT2D eigenvalue weighted by Gasteiger charge is -2.17. The van der Waals surface area contributed by atoms with Gasteiger partial charge in [0.25, 0.3) is 0 Å². The van der Waals surface area contributed by atoms with Crippen molar-refractivity contribution < 1.29 is 9.84 Å². The third kappa shape index (κ3) is 5.55. The van der Waals surface area contributed by atoms with E-state index in [1.165, 1.54) is 4.88 Å². The Bertz CT molecular complexity index is 530. The molecule has 0 amide bonds. The Labute approximate surface area is 129 Å². The van der Waals surface area contributed by atoms with Gasteiger partial charge in [0, 0.05) is 24.2 Å². The molecule has 0 fully saturated rings. The number of benzene rings is 1. The molecule has 2 unspecified atom stereocenters. The second-order valence-corrected chi connectivity index (χ2v) is 6.34. The van der Waals surface area contributed by atoms with Gasteiger partial charge in [-0.1, -0.05) is 30.3 Å². The smallest absolute Gasteiger partial charge is 0.0898 e. The van der Waals surface area contributed by atoms with Crippen molar-refractivity contribution in [3.05, 3.63) is 52.0 Å². The highest BCUT2D eigenvalue weighted by Gasteiger charge is 2.09. The number of aliphatic hydroxyl groups excluding tert-OH is 1. The summed E-state index contributed by atoms with van der Waals surface area (Å²) in [4.78, 5) is 5.38. The third-order valence-electron chi connectivity index (χ3n) is 3.16. The highest BCUT2D eigenvalue weighted by Crippen LogP contribution is 2.16. The molecule has 1 aromatic heterocycles. The molecule has 2 atom stereocenters. The first kappa shape index (κ1) is 16.1. The highest BCUT2D eigenvalue weighted by molar-refractivity contribution is 7.11. The fourth-order valence-electron chi connectivity index (χ4n) is 1.98. The lowest BCUT2D eigenvalue weighted by Crippen LogP contribution is -2.30. The van der Waals surface area contributed by atoms with Crippen LogP contribution < -0.4 is 5.32 Å². The number of ether oxygens (including phenoxy) is 1. The zero-order valence-electron chi connectivity index (χ0n) is 12.5. The van der Waals surface area contributed by atoms with Crippen LogP contribution in [0.15, 0.2) is 36.5 Å². The van der Waals surface area contributed by atoms with E-state index in [1.807, 2.05) is 50.4 Å². The van der Waals surface area contributed by atoms with Crippen molar-refractivity contribution in [3.8, 4) is 0 Å². The molecule has 21 heavy (non-hydrogen) atoms. The standard InChI is InChI=1S/C16H22N2O2S/c1-12(14-6-4-3-5-7-14)20-11-15(19)8-17-9-16-10-18-13(2)21-16/h3-7,10,12,15,17,19H,8-9,11H2,1-2H3. The summed E-state index contributed by atoms with van der Waals surface area (Å²) in [6.45, 7) is 5.55. The van der Waals surface area contributed by atoms with Gasteiger partial charge in [0.05, 0.1) is 23.8 Å². The average Bonchev–Trinajstić information content (AvgIpc) is 2.91. The molecule has 0 radical (unpaired) electrons. The van der Waals surface area contributed by atoms with Crippen molar-refractivity contribution in [3.63, 3.8) is 0 Å². The lowest BCUT2D eigenvalue weighted by molar-refractivity contribution is -0.00210. The minimum Gasteiger partial charge on any atom is -0.389 e. The normalized spacial score (nSPS) is 14.0. The predicted octanol–water partition coefficient (Wildman–Crippen LogP) is 2.68. The Kier molecular flexibility index (Phi) is 6.32. The first-order valence-electron chi connectivity index (χ1n) is 7.12. The number of nitrogens with one attached hydrogen (secondary N) is 1. The van der Waals surface area contributed by atoms with Crippen LogP contribution in [-0.4, -0.2) is 29.3 Å². The molecular weight excluding hydrogens is 284 g/mol. The first-order chi connectivity index (χ1) is 10.1. The zero-order chi connectivity index (χ0) is 15.1. The number of nitrogens with zero attached hydrogens (tertiary/aromatic N) is 1. The van der Waals surface area contributed by atoms with Crippen molar-refractivity contribution in [2.75, 3.05) is 13.2 Å². The van der Waals surface area contributed by atoms with Gasteiger partial charge in [-0.25, -0.2) is 4.98 Å². The van der Waals surface area contributed by atoms with E-state index in [2.05, 4.69) is 10.3 Å². The van der Waals surface area contributed by atoms with Crippen molar-refractivity contribution in [1.82, 2.24) is 10.3 Å². The van der Waals surface area contributed by atoms with E-state index < -0.39 is 6.10 Å². The van der Waals surface area contributed by atoms with Gasteiger partial charge in [0.15, 0.2) is 0 Å². The Morgan fingerprint density at radius 3 is 2.76 bits per heavy atom. The third-order valence-corrected chi connectivity index (χ3v) is 4.07. The molecule has 2 N–H and O–H groups in total. The van der Waals surface area contributed by atoms with Gasteiger partial charge in [-0.3, -0.25) is 0 Å². The summed E-state index contributed by atoms with van der Waals surface area (Å²) in [5.41, 5.74) is 1.12. The van der Waals surface area contributed by atoms with Crippen LogP contribution in [0.4, 0.5) is 0 Å². The number of hydrogen-bond acceptors (Lipinski definition) is 5. The predicted molar refractivity (Wildman–Crippen MR) is 85.4 cm³/mol. The summed E-state index contributed by atoms with van der Waals surface area (Å²) in [5, 5.41) is 14.2. The van der Waals surface area contributed by atoms with E-state index in [9.17, 15) is 5.11 Å². The zero-order valence-corrected chi connectivity index (χ0v) is 13.3. The molecule has 2 rings (SSSR count). The first-order valence-corrected chi connectivity index (χ1v) is 7.93. The number of aromatic nitrogens is 1. The van der Waals surface area contributed by atoms with Crippen molar-refractivity contribution >= 4 is 11.3 Å². The maximum Gasteiger partial charge on any atom is 0.0898 e. The summed E-state index contributed by atoms with van der Waals surface area (Å²) in [5.74, 6) is 0. The maximum atomic E-state index is 9.93. The van der Waals surface area contributed by atoms with Crippen LogP contribution in [0.3, 0.4) is 0 Å². The lowest BCUT2D eigenvalue weighted by atomic mass is 10.1. The van der Waals surface area contributed by atoms with Crippen LogP contribution in [0.25, 0.3) is 0 Å². The Hall–Kier alpha value is -1.27. The molecule has 114 valence electrons. The van der Waals surface area contributed by atoms with Gasteiger partial charge in [-0.05, 0) is 19.4 Å². The van der Waals surface area contributed by atoms with Gasteiger partial charge in [0.2, 0.25) is 0 Å². The molecule has 4 nitrogen and oxygen atoms in total. The molecule has 0 saturated heterocycles. The molecular formula is C16H22N2O2S. The molecule has 2 aromatic rings. The maximum absolute atomic E-state index is 9.93. The molecule has 0 aliphatic heterocycles. The topological polar surface area (TPSA) is 54.4 Å². The van der Waals surface area contributed by atoms with Crippen LogP contribution in [0.2, 0.25) is 0 Å². The van der Waals surface area contributed by atoms with Crippen molar-refractivity contribution in [2.45, 2.75) is 32.6 Å². The SMILES string of the molecule is Cc1ncc(CNCC(O)COC(C)c2ccccc2)s1. The average molecular weight is 306 g/mol. The van der Waals surface area contributed by atoms with E-state index in [1.54, 1.807) is 11.3 Å². The van der Waals surface area contributed by atoms with Gasteiger partial charge >= 0.3 is 0 Å². The number of hydrogen-bond donors (Lipinski definition) is 2. The molecule has 0 bridgehead atoms. The number of rotatable bonds is 8. The van der Waals surface area contributed by atoms with Crippen molar-refractivity contribution in [1.29, 1.82) is 0 Å². The number of aryl methyl sites for hydroxylation is 1. The molecule has 1 heterocycles. The van der Waals surface area contributed by atoms with E-state index >= 15 is 0 Å². The van der Waals surface area contributed by atoms with E-state index in [-0.39, 0.29) is 6.10 Å². The highest BCUT2D eigenvalue weighted by atomic mass is 32.1. The van der Waals surface area contributed by atoms with E-state index in [4.69, 9.17) is 4.74 Å². The largest absolute Gasteiger partial charge is 0.389 e. The van der Waals surface area contributed by atoms with Crippen molar-refractivity contribution in [2.24, 2.45) is 0 Å². The minimum atomic E-state index is -0.509. The summed E-state index contributed by atoms with van der Waals surface area (Å²) in [6.07, 6.45) is 1.35. The summed E-state index contributed by atoms with van der Waals surface area (Å²) >= 11 is 1.67.